The Morgan fingerprint density at radius 3 is 2.80 bits per heavy atom. The number of likely N-dealkylation sites (tertiary alicyclic amines) is 1. The molecule has 2 unspecified atom stereocenters. The molecule has 3 N–H and O–H groups in total. The summed E-state index contributed by atoms with van der Waals surface area (Å²) in [5.74, 6) is -0.895. The van der Waals surface area contributed by atoms with E-state index in [0.717, 1.165) is 0 Å². The van der Waals surface area contributed by atoms with Crippen LogP contribution in [0, 0.1) is 0 Å². The average molecular weight is 216 g/mol. The molecule has 1 heterocycles. The van der Waals surface area contributed by atoms with E-state index in [0.29, 0.717) is 6.61 Å². The van der Waals surface area contributed by atoms with Gasteiger partial charge in [0.25, 0.3) is 0 Å². The second-order valence-corrected chi connectivity index (χ2v) is 3.49. The molecule has 6 nitrogen and oxygen atoms in total. The summed E-state index contributed by atoms with van der Waals surface area (Å²) in [6.07, 6.45) is -0.458. The number of nitrogens with zero attached hydrogens (tertiary/aromatic N) is 1. The van der Waals surface area contributed by atoms with Crippen LogP contribution in [0.2, 0.25) is 0 Å². The van der Waals surface area contributed by atoms with Crippen LogP contribution in [0.25, 0.3) is 0 Å². The smallest absolute Gasteiger partial charge is 0.249 e. The minimum Gasteiger partial charge on any atom is -0.391 e. The molecule has 2 amide bonds. The fourth-order valence-corrected chi connectivity index (χ4v) is 1.63. The molecule has 0 aliphatic carbocycles. The number of nitrogens with two attached hydrogens (primary N) is 1. The van der Waals surface area contributed by atoms with Gasteiger partial charge in [-0.25, -0.2) is 0 Å². The van der Waals surface area contributed by atoms with Gasteiger partial charge in [0, 0.05) is 19.6 Å². The van der Waals surface area contributed by atoms with Crippen molar-refractivity contribution in [2.24, 2.45) is 5.73 Å². The van der Waals surface area contributed by atoms with Gasteiger partial charge in [-0.05, 0) is 6.92 Å². The Morgan fingerprint density at radius 1 is 1.60 bits per heavy atom. The van der Waals surface area contributed by atoms with Crippen LogP contribution < -0.4 is 5.73 Å². The highest BCUT2D eigenvalue weighted by Crippen LogP contribution is 2.17. The molecule has 0 aromatic heterocycles. The highest BCUT2D eigenvalue weighted by atomic mass is 16.5. The van der Waals surface area contributed by atoms with E-state index in [1.807, 2.05) is 0 Å². The maximum absolute atomic E-state index is 11.5. The number of β-amino-alcohol motifs (C(OH)–C–C–N with tert-alkyl or cyclic N) is 1. The fourth-order valence-electron chi connectivity index (χ4n) is 1.63. The topological polar surface area (TPSA) is 92.9 Å². The van der Waals surface area contributed by atoms with Crippen LogP contribution in [-0.2, 0) is 14.3 Å². The molecule has 2 atom stereocenters. The second-order valence-electron chi connectivity index (χ2n) is 3.49. The van der Waals surface area contributed by atoms with E-state index >= 15 is 0 Å². The molecule has 15 heavy (non-hydrogen) atoms. The number of aliphatic hydroxyl groups excluding tert-OH is 1. The van der Waals surface area contributed by atoms with Gasteiger partial charge in [-0.2, -0.15) is 0 Å². The van der Waals surface area contributed by atoms with Crippen LogP contribution in [0.1, 0.15) is 13.3 Å². The van der Waals surface area contributed by atoms with Crippen molar-refractivity contribution in [2.45, 2.75) is 25.5 Å². The van der Waals surface area contributed by atoms with Crippen molar-refractivity contribution < 1.29 is 19.4 Å². The lowest BCUT2D eigenvalue weighted by atomic mass is 10.2. The van der Waals surface area contributed by atoms with Gasteiger partial charge in [-0.3, -0.25) is 9.59 Å². The van der Waals surface area contributed by atoms with Crippen LogP contribution in [0.5, 0.6) is 0 Å². The molecule has 0 saturated carbocycles. The Morgan fingerprint density at radius 2 is 2.27 bits per heavy atom. The Labute approximate surface area is 88.0 Å². The number of amides is 2. The average Bonchev–Trinajstić information content (AvgIpc) is 2.57. The predicted molar refractivity (Wildman–Crippen MR) is 51.8 cm³/mol. The van der Waals surface area contributed by atoms with Crippen molar-refractivity contribution in [1.82, 2.24) is 4.90 Å². The van der Waals surface area contributed by atoms with E-state index in [9.17, 15) is 14.7 Å². The molecule has 1 rings (SSSR count). The predicted octanol–water partition coefficient (Wildman–Crippen LogP) is -1.53. The van der Waals surface area contributed by atoms with Crippen LogP contribution in [-0.4, -0.2) is 53.7 Å². The summed E-state index contributed by atoms with van der Waals surface area (Å²) in [5, 5.41) is 9.35. The Bertz CT molecular complexity index is 256. The third-order valence-electron chi connectivity index (χ3n) is 2.36. The second kappa shape index (κ2) is 5.09. The summed E-state index contributed by atoms with van der Waals surface area (Å²) in [5.41, 5.74) is 5.13. The summed E-state index contributed by atoms with van der Waals surface area (Å²) in [4.78, 5) is 23.8. The largest absolute Gasteiger partial charge is 0.391 e. The SMILES string of the molecule is CCOCC(=O)N1CC(O)CC1C(N)=O. The molecule has 1 saturated heterocycles. The monoisotopic (exact) mass is 216 g/mol. The normalized spacial score (nSPS) is 25.6. The first-order valence-corrected chi connectivity index (χ1v) is 4.90. The number of aliphatic hydroxyl groups is 1. The molecule has 0 spiro atoms. The number of carbonyl (C=O) groups is 2. The Balaban J connectivity index is 2.58. The van der Waals surface area contributed by atoms with Crippen molar-refractivity contribution in [1.29, 1.82) is 0 Å². The highest BCUT2D eigenvalue weighted by Gasteiger charge is 2.37. The Hall–Kier alpha value is -1.14. The summed E-state index contributed by atoms with van der Waals surface area (Å²) >= 11 is 0. The number of ether oxygens (including phenoxy) is 1. The maximum Gasteiger partial charge on any atom is 0.249 e. The molecule has 1 aliphatic heterocycles. The van der Waals surface area contributed by atoms with E-state index in [2.05, 4.69) is 0 Å². The first kappa shape index (κ1) is 11.9. The van der Waals surface area contributed by atoms with Crippen molar-refractivity contribution >= 4 is 11.8 Å². The maximum atomic E-state index is 11.5. The molecule has 86 valence electrons. The summed E-state index contributed by atoms with van der Waals surface area (Å²) in [6.45, 7) is 2.29. The quantitative estimate of drug-likeness (QED) is 0.596. The number of carbonyl (C=O) groups excluding carboxylic acids is 2. The molecule has 0 aromatic rings. The Kier molecular flexibility index (Phi) is 4.05. The zero-order valence-corrected chi connectivity index (χ0v) is 8.68. The van der Waals surface area contributed by atoms with Crippen LogP contribution >= 0.6 is 0 Å². The van der Waals surface area contributed by atoms with Gasteiger partial charge in [-0.15, -0.1) is 0 Å². The fraction of sp³-hybridized carbons (Fsp3) is 0.778. The lowest BCUT2D eigenvalue weighted by molar-refractivity contribution is -0.141. The van der Waals surface area contributed by atoms with Gasteiger partial charge < -0.3 is 20.5 Å². The molecule has 0 radical (unpaired) electrons. The minimum absolute atomic E-state index is 0.0764. The zero-order chi connectivity index (χ0) is 11.4. The lowest BCUT2D eigenvalue weighted by Crippen LogP contribution is -2.45. The molecular weight excluding hydrogens is 200 g/mol. The van der Waals surface area contributed by atoms with Crippen LogP contribution in [0.15, 0.2) is 0 Å². The van der Waals surface area contributed by atoms with Gasteiger partial charge in [0.2, 0.25) is 11.8 Å². The molecule has 0 aromatic carbocycles. The van der Waals surface area contributed by atoms with Gasteiger partial charge in [0.15, 0.2) is 0 Å². The molecular formula is C9H16N2O4. The molecule has 6 heteroatoms. The van der Waals surface area contributed by atoms with Gasteiger partial charge >= 0.3 is 0 Å². The number of rotatable bonds is 4. The van der Waals surface area contributed by atoms with Gasteiger partial charge in [-0.1, -0.05) is 0 Å². The summed E-state index contributed by atoms with van der Waals surface area (Å²) in [6, 6.07) is -0.701. The molecule has 1 fully saturated rings. The summed E-state index contributed by atoms with van der Waals surface area (Å²) < 4.78 is 4.95. The number of hydrogen-bond donors (Lipinski definition) is 2. The standard InChI is InChI=1S/C9H16N2O4/c1-2-15-5-8(13)11-4-6(12)3-7(11)9(10)14/h6-7,12H,2-5H2,1H3,(H2,10,14). The molecule has 0 bridgehead atoms. The third kappa shape index (κ3) is 2.90. The first-order valence-electron chi connectivity index (χ1n) is 4.90. The van der Waals surface area contributed by atoms with Gasteiger partial charge in [0.05, 0.1) is 6.10 Å². The number of primary amides is 1. The van der Waals surface area contributed by atoms with Crippen molar-refractivity contribution in [2.75, 3.05) is 19.8 Å². The van der Waals surface area contributed by atoms with Crippen molar-refractivity contribution in [3.8, 4) is 0 Å². The van der Waals surface area contributed by atoms with Crippen molar-refractivity contribution in [3.63, 3.8) is 0 Å². The van der Waals surface area contributed by atoms with Crippen molar-refractivity contribution in [3.05, 3.63) is 0 Å². The lowest BCUT2D eigenvalue weighted by Gasteiger charge is -2.21. The zero-order valence-electron chi connectivity index (χ0n) is 8.68. The van der Waals surface area contributed by atoms with E-state index in [1.165, 1.54) is 4.90 Å². The van der Waals surface area contributed by atoms with E-state index in [4.69, 9.17) is 10.5 Å². The highest BCUT2D eigenvalue weighted by molar-refractivity contribution is 5.87. The van der Waals surface area contributed by atoms with E-state index in [1.54, 1.807) is 6.92 Å². The number of hydrogen-bond acceptors (Lipinski definition) is 4. The third-order valence-corrected chi connectivity index (χ3v) is 2.36. The molecule has 1 aliphatic rings. The minimum atomic E-state index is -0.701. The van der Waals surface area contributed by atoms with Gasteiger partial charge in [0.1, 0.15) is 12.6 Å². The van der Waals surface area contributed by atoms with Crippen LogP contribution in [0.4, 0.5) is 0 Å². The first-order chi connectivity index (χ1) is 7.06. The van der Waals surface area contributed by atoms with Crippen LogP contribution in [0.3, 0.4) is 0 Å². The van der Waals surface area contributed by atoms with E-state index in [-0.39, 0.29) is 25.5 Å². The van der Waals surface area contributed by atoms with E-state index < -0.39 is 18.1 Å². The summed E-state index contributed by atoms with van der Waals surface area (Å²) in [7, 11) is 0.